The molecule has 0 amide bonds. The molecule has 84 valence electrons. The quantitative estimate of drug-likeness (QED) is 0.518. The van der Waals surface area contributed by atoms with Gasteiger partial charge in [-0.15, -0.1) is 11.3 Å². The maximum Gasteiger partial charge on any atom is 0.174 e. The van der Waals surface area contributed by atoms with Gasteiger partial charge in [0.15, 0.2) is 5.78 Å². The molecule has 0 radical (unpaired) electrons. The van der Waals surface area contributed by atoms with Gasteiger partial charge in [-0.3, -0.25) is 4.79 Å². The standard InChI is InChI=1S/C10H11Cl3OS/c1-2-3-4-5-6(14)9-7(11)8(12)10(13)15-9/h2-5H2,1H3. The van der Waals surface area contributed by atoms with Crippen LogP contribution >= 0.6 is 46.1 Å². The second-order valence-corrected chi connectivity index (χ2v) is 5.59. The van der Waals surface area contributed by atoms with Crippen molar-refractivity contribution in [3.8, 4) is 0 Å². The van der Waals surface area contributed by atoms with Crippen molar-refractivity contribution >= 4 is 51.9 Å². The molecule has 1 aromatic rings. The first-order valence-corrected chi connectivity index (χ1v) is 6.69. The van der Waals surface area contributed by atoms with E-state index in [2.05, 4.69) is 6.92 Å². The van der Waals surface area contributed by atoms with E-state index >= 15 is 0 Å². The normalized spacial score (nSPS) is 10.7. The number of carbonyl (C=O) groups excluding carboxylic acids is 1. The van der Waals surface area contributed by atoms with E-state index < -0.39 is 0 Å². The van der Waals surface area contributed by atoms with Gasteiger partial charge in [0.2, 0.25) is 0 Å². The molecule has 0 aromatic carbocycles. The van der Waals surface area contributed by atoms with E-state index in [0.717, 1.165) is 30.6 Å². The number of hydrogen-bond acceptors (Lipinski definition) is 2. The molecular formula is C10H11Cl3OS. The molecule has 0 saturated heterocycles. The van der Waals surface area contributed by atoms with Crippen molar-refractivity contribution in [3.05, 3.63) is 19.3 Å². The largest absolute Gasteiger partial charge is 0.293 e. The summed E-state index contributed by atoms with van der Waals surface area (Å²) in [6.45, 7) is 2.09. The summed E-state index contributed by atoms with van der Waals surface area (Å²) in [7, 11) is 0. The summed E-state index contributed by atoms with van der Waals surface area (Å²) in [6, 6.07) is 0. The summed E-state index contributed by atoms with van der Waals surface area (Å²) in [5, 5.41) is 0.593. The Morgan fingerprint density at radius 3 is 2.33 bits per heavy atom. The number of hydrogen-bond donors (Lipinski definition) is 0. The second kappa shape index (κ2) is 6.09. The summed E-state index contributed by atoms with van der Waals surface area (Å²) in [6.07, 6.45) is 3.54. The highest BCUT2D eigenvalue weighted by Gasteiger charge is 2.18. The van der Waals surface area contributed by atoms with E-state index in [1.54, 1.807) is 0 Å². The monoisotopic (exact) mass is 284 g/mol. The Labute approximate surface area is 108 Å². The minimum absolute atomic E-state index is 0.0345. The minimum Gasteiger partial charge on any atom is -0.293 e. The lowest BCUT2D eigenvalue weighted by Gasteiger charge is -1.97. The molecule has 1 aromatic heterocycles. The summed E-state index contributed by atoms with van der Waals surface area (Å²) in [5.74, 6) is 0.0345. The maximum atomic E-state index is 11.7. The molecule has 1 nitrogen and oxygen atoms in total. The van der Waals surface area contributed by atoms with Gasteiger partial charge < -0.3 is 0 Å². The molecular weight excluding hydrogens is 275 g/mol. The van der Waals surface area contributed by atoms with Gasteiger partial charge in [-0.05, 0) is 6.42 Å². The lowest BCUT2D eigenvalue weighted by atomic mass is 10.1. The number of Topliss-reactive ketones (excluding diaryl/α,β-unsaturated/α-hetero) is 1. The van der Waals surface area contributed by atoms with Gasteiger partial charge in [-0.2, -0.15) is 0 Å². The molecule has 15 heavy (non-hydrogen) atoms. The van der Waals surface area contributed by atoms with E-state index in [-0.39, 0.29) is 5.78 Å². The van der Waals surface area contributed by atoms with Crippen molar-refractivity contribution in [3.63, 3.8) is 0 Å². The van der Waals surface area contributed by atoms with Crippen LogP contribution in [0.1, 0.15) is 42.3 Å². The van der Waals surface area contributed by atoms with Gasteiger partial charge >= 0.3 is 0 Å². The van der Waals surface area contributed by atoms with Crippen LogP contribution in [0, 0.1) is 0 Å². The topological polar surface area (TPSA) is 17.1 Å². The Morgan fingerprint density at radius 2 is 1.87 bits per heavy atom. The van der Waals surface area contributed by atoms with Gasteiger partial charge in [0.25, 0.3) is 0 Å². The van der Waals surface area contributed by atoms with E-state index in [4.69, 9.17) is 34.8 Å². The fourth-order valence-corrected chi connectivity index (χ4v) is 2.98. The molecule has 1 rings (SSSR count). The Kier molecular flexibility index (Phi) is 5.41. The van der Waals surface area contributed by atoms with Crippen molar-refractivity contribution in [2.45, 2.75) is 32.6 Å². The molecule has 5 heteroatoms. The second-order valence-electron chi connectivity index (χ2n) is 3.21. The van der Waals surface area contributed by atoms with E-state index in [1.807, 2.05) is 0 Å². The molecule has 0 atom stereocenters. The number of unbranched alkanes of at least 4 members (excludes halogenated alkanes) is 2. The number of rotatable bonds is 5. The van der Waals surface area contributed by atoms with Crippen LogP contribution < -0.4 is 0 Å². The van der Waals surface area contributed by atoms with E-state index in [0.29, 0.717) is 25.7 Å². The highest BCUT2D eigenvalue weighted by molar-refractivity contribution is 7.19. The summed E-state index contributed by atoms with van der Waals surface area (Å²) in [4.78, 5) is 12.2. The van der Waals surface area contributed by atoms with Crippen molar-refractivity contribution in [1.29, 1.82) is 0 Å². The van der Waals surface area contributed by atoms with Crippen molar-refractivity contribution in [2.75, 3.05) is 0 Å². The van der Waals surface area contributed by atoms with Crippen LogP contribution in [0.4, 0.5) is 0 Å². The first kappa shape index (κ1) is 13.3. The third-order valence-electron chi connectivity index (χ3n) is 2.02. The molecule has 0 aliphatic carbocycles. The molecule has 0 N–H and O–H groups in total. The lowest BCUT2D eigenvalue weighted by Crippen LogP contribution is -1.96. The Morgan fingerprint density at radius 1 is 1.20 bits per heavy atom. The molecule has 0 bridgehead atoms. The molecule has 0 unspecified atom stereocenters. The summed E-state index contributed by atoms with van der Waals surface area (Å²) >= 11 is 18.6. The summed E-state index contributed by atoms with van der Waals surface area (Å²) < 4.78 is 0.389. The van der Waals surface area contributed by atoms with Crippen LogP contribution in [0.2, 0.25) is 14.4 Å². The predicted octanol–water partition coefficient (Wildman–Crippen LogP) is 5.47. The zero-order chi connectivity index (χ0) is 11.4. The molecule has 0 fully saturated rings. The van der Waals surface area contributed by atoms with Crippen LogP contribution in [0.25, 0.3) is 0 Å². The van der Waals surface area contributed by atoms with Crippen LogP contribution in [0.15, 0.2) is 0 Å². The molecule has 1 heterocycles. The first-order valence-electron chi connectivity index (χ1n) is 4.74. The average molecular weight is 286 g/mol. The van der Waals surface area contributed by atoms with Crippen LogP contribution in [0.5, 0.6) is 0 Å². The molecule has 0 aliphatic heterocycles. The fraction of sp³-hybridized carbons (Fsp3) is 0.500. The molecule has 0 saturated carbocycles. The molecule has 0 aliphatic rings. The zero-order valence-corrected chi connectivity index (χ0v) is 11.4. The predicted molar refractivity (Wildman–Crippen MR) is 67.8 cm³/mol. The number of ketones is 1. The minimum atomic E-state index is 0.0345. The van der Waals surface area contributed by atoms with Crippen molar-refractivity contribution in [1.82, 2.24) is 0 Å². The third-order valence-corrected chi connectivity index (χ3v) is 4.63. The lowest BCUT2D eigenvalue weighted by molar-refractivity contribution is 0.0983. The highest BCUT2D eigenvalue weighted by atomic mass is 35.5. The number of thiophene rings is 1. The van der Waals surface area contributed by atoms with Gasteiger partial charge in [0.05, 0.1) is 14.9 Å². The van der Waals surface area contributed by atoms with Crippen LogP contribution in [-0.4, -0.2) is 5.78 Å². The first-order chi connectivity index (χ1) is 7.07. The van der Waals surface area contributed by atoms with Crippen LogP contribution in [-0.2, 0) is 0 Å². The Balaban J connectivity index is 2.70. The molecule has 0 spiro atoms. The highest BCUT2D eigenvalue weighted by Crippen LogP contribution is 2.40. The number of carbonyl (C=O) groups is 1. The number of halogens is 3. The third kappa shape index (κ3) is 3.35. The smallest absolute Gasteiger partial charge is 0.174 e. The van der Waals surface area contributed by atoms with Gasteiger partial charge in [-0.25, -0.2) is 0 Å². The van der Waals surface area contributed by atoms with Crippen molar-refractivity contribution in [2.24, 2.45) is 0 Å². The Hall–Kier alpha value is 0.240. The Bertz CT molecular complexity index is 360. The van der Waals surface area contributed by atoms with Crippen molar-refractivity contribution < 1.29 is 4.79 Å². The van der Waals surface area contributed by atoms with Crippen LogP contribution in [0.3, 0.4) is 0 Å². The average Bonchev–Trinajstić information content (AvgIpc) is 2.46. The van der Waals surface area contributed by atoms with E-state index in [1.165, 1.54) is 0 Å². The zero-order valence-electron chi connectivity index (χ0n) is 8.28. The summed E-state index contributed by atoms with van der Waals surface area (Å²) in [5.41, 5.74) is 0. The van der Waals surface area contributed by atoms with Gasteiger partial charge in [0, 0.05) is 6.42 Å². The van der Waals surface area contributed by atoms with Gasteiger partial charge in [-0.1, -0.05) is 54.6 Å². The van der Waals surface area contributed by atoms with E-state index in [9.17, 15) is 4.79 Å². The SMILES string of the molecule is CCCCCC(=O)c1sc(Cl)c(Cl)c1Cl. The fourth-order valence-electron chi connectivity index (χ4n) is 1.19. The maximum absolute atomic E-state index is 11.7. The van der Waals surface area contributed by atoms with Gasteiger partial charge in [0.1, 0.15) is 4.34 Å².